The van der Waals surface area contributed by atoms with Crippen molar-refractivity contribution in [2.24, 2.45) is 28.9 Å². The lowest BCUT2D eigenvalue weighted by atomic mass is 9.67. The lowest BCUT2D eigenvalue weighted by Crippen LogP contribution is -2.28. The molecule has 23 heavy (non-hydrogen) atoms. The van der Waals surface area contributed by atoms with Gasteiger partial charge in [-0.15, -0.1) is 0 Å². The van der Waals surface area contributed by atoms with Crippen molar-refractivity contribution in [1.29, 1.82) is 0 Å². The minimum absolute atomic E-state index is 0.262. The van der Waals surface area contributed by atoms with Crippen molar-refractivity contribution in [2.45, 2.75) is 105 Å². The van der Waals surface area contributed by atoms with Crippen LogP contribution in [-0.4, -0.2) is 6.04 Å². The smallest absolute Gasteiger partial charge is 0.00388 e. The van der Waals surface area contributed by atoms with E-state index in [-0.39, 0.29) is 5.41 Å². The summed E-state index contributed by atoms with van der Waals surface area (Å²) < 4.78 is 0. The van der Waals surface area contributed by atoms with Crippen LogP contribution in [0.1, 0.15) is 98.8 Å². The second-order valence-corrected chi connectivity index (χ2v) is 9.07. The van der Waals surface area contributed by atoms with Gasteiger partial charge in [-0.2, -0.15) is 0 Å². The predicted octanol–water partition coefficient (Wildman–Crippen LogP) is 6.72. The average Bonchev–Trinajstić information content (AvgIpc) is 2.48. The van der Waals surface area contributed by atoms with Gasteiger partial charge in [0.1, 0.15) is 0 Å². The zero-order valence-electron chi connectivity index (χ0n) is 16.7. The Bertz CT molecular complexity index is 344. The molecular formula is C22H43N. The van der Waals surface area contributed by atoms with Gasteiger partial charge in [0.15, 0.2) is 0 Å². The summed E-state index contributed by atoms with van der Waals surface area (Å²) in [4.78, 5) is 0. The molecule has 1 saturated carbocycles. The normalized spacial score (nSPS) is 35.8. The summed E-state index contributed by atoms with van der Waals surface area (Å²) in [5, 5.41) is 0. The highest BCUT2D eigenvalue weighted by atomic mass is 14.6. The first kappa shape index (κ1) is 20.7. The van der Waals surface area contributed by atoms with Crippen LogP contribution in [0.5, 0.6) is 0 Å². The Morgan fingerprint density at radius 2 is 1.43 bits per heavy atom. The van der Waals surface area contributed by atoms with Crippen LogP contribution in [0, 0.1) is 23.2 Å². The summed E-state index contributed by atoms with van der Waals surface area (Å²) in [5.41, 5.74) is 8.01. The average molecular weight is 322 g/mol. The molecule has 0 bridgehead atoms. The molecule has 1 aliphatic rings. The van der Waals surface area contributed by atoms with Crippen molar-refractivity contribution in [1.82, 2.24) is 0 Å². The van der Waals surface area contributed by atoms with E-state index in [4.69, 9.17) is 5.73 Å². The van der Waals surface area contributed by atoms with Crippen LogP contribution in [0.25, 0.3) is 0 Å². The largest absolute Gasteiger partial charge is 0.328 e. The molecular weight excluding hydrogens is 278 g/mol. The Morgan fingerprint density at radius 1 is 0.870 bits per heavy atom. The van der Waals surface area contributed by atoms with Crippen LogP contribution in [0.2, 0.25) is 0 Å². The third-order valence-corrected chi connectivity index (χ3v) is 6.64. The Labute approximate surface area is 146 Å². The van der Waals surface area contributed by atoms with Crippen molar-refractivity contribution in [3.8, 4) is 0 Å². The second-order valence-electron chi connectivity index (χ2n) is 9.07. The Hall–Kier alpha value is -0.300. The van der Waals surface area contributed by atoms with E-state index < -0.39 is 0 Å². The highest BCUT2D eigenvalue weighted by Crippen LogP contribution is 2.42. The van der Waals surface area contributed by atoms with Crippen LogP contribution in [0.3, 0.4) is 0 Å². The zero-order chi connectivity index (χ0) is 17.5. The minimum Gasteiger partial charge on any atom is -0.328 e. The van der Waals surface area contributed by atoms with Gasteiger partial charge in [0, 0.05) is 6.04 Å². The molecule has 0 aromatic heterocycles. The minimum atomic E-state index is 0.262. The molecule has 0 heterocycles. The van der Waals surface area contributed by atoms with Crippen LogP contribution in [0.4, 0.5) is 0 Å². The Morgan fingerprint density at radius 3 is 2.09 bits per heavy atom. The maximum atomic E-state index is 6.28. The fourth-order valence-corrected chi connectivity index (χ4v) is 4.26. The van der Waals surface area contributed by atoms with Crippen LogP contribution in [0.15, 0.2) is 12.2 Å². The zero-order valence-corrected chi connectivity index (χ0v) is 16.7. The van der Waals surface area contributed by atoms with Crippen LogP contribution in [-0.2, 0) is 0 Å². The number of allylic oxidation sites excluding steroid dienone is 1. The molecule has 1 aliphatic carbocycles. The lowest BCUT2D eigenvalue weighted by Gasteiger charge is -2.38. The molecule has 4 unspecified atom stereocenters. The second kappa shape index (κ2) is 9.87. The quantitative estimate of drug-likeness (QED) is 0.492. The van der Waals surface area contributed by atoms with Crippen molar-refractivity contribution < 1.29 is 0 Å². The molecule has 1 nitrogen and oxygen atoms in total. The molecule has 0 radical (unpaired) electrons. The van der Waals surface area contributed by atoms with Gasteiger partial charge in [0.2, 0.25) is 0 Å². The highest BCUT2D eigenvalue weighted by molar-refractivity contribution is 5.12. The Balaban J connectivity index is 2.69. The third kappa shape index (κ3) is 6.99. The summed E-state index contributed by atoms with van der Waals surface area (Å²) in [6.45, 7) is 16.6. The molecule has 0 aromatic rings. The summed E-state index contributed by atoms with van der Waals surface area (Å²) in [7, 11) is 0. The molecule has 1 rings (SSSR count). The Kier molecular flexibility index (Phi) is 8.90. The standard InChI is InChI=1S/C22H43N/c1-17-12-11-15-21(23)14-10-8-7-9-13-19(3)22(5,6)20(4)18(2)16-17/h17-19,21H,4,7-16,23H2,1-3,5-6H3. The number of nitrogens with two attached hydrogens (primary N) is 1. The third-order valence-electron chi connectivity index (χ3n) is 6.64. The van der Waals surface area contributed by atoms with E-state index in [0.29, 0.717) is 12.0 Å². The van der Waals surface area contributed by atoms with E-state index >= 15 is 0 Å². The first-order valence-corrected chi connectivity index (χ1v) is 10.2. The maximum Gasteiger partial charge on any atom is 0.00388 e. The number of hydrogen-bond acceptors (Lipinski definition) is 1. The number of rotatable bonds is 0. The summed E-state index contributed by atoms with van der Waals surface area (Å²) >= 11 is 0. The van der Waals surface area contributed by atoms with Crippen LogP contribution < -0.4 is 5.73 Å². The van der Waals surface area contributed by atoms with Gasteiger partial charge in [0.05, 0.1) is 0 Å². The van der Waals surface area contributed by atoms with Gasteiger partial charge in [0.25, 0.3) is 0 Å². The predicted molar refractivity (Wildman–Crippen MR) is 105 cm³/mol. The van der Waals surface area contributed by atoms with Gasteiger partial charge in [-0.3, -0.25) is 0 Å². The van der Waals surface area contributed by atoms with Crippen molar-refractivity contribution in [3.05, 3.63) is 12.2 Å². The van der Waals surface area contributed by atoms with Crippen molar-refractivity contribution in [2.75, 3.05) is 0 Å². The van der Waals surface area contributed by atoms with E-state index in [0.717, 1.165) is 11.8 Å². The molecule has 0 saturated heterocycles. The van der Waals surface area contributed by atoms with E-state index in [1.54, 1.807) is 0 Å². The molecule has 0 amide bonds. The van der Waals surface area contributed by atoms with Gasteiger partial charge in [-0.25, -0.2) is 0 Å². The summed E-state index contributed by atoms with van der Waals surface area (Å²) in [6.07, 6.45) is 13.1. The van der Waals surface area contributed by atoms with Gasteiger partial charge in [-0.1, -0.05) is 85.3 Å². The first-order chi connectivity index (χ1) is 10.7. The van der Waals surface area contributed by atoms with Crippen LogP contribution >= 0.6 is 0 Å². The molecule has 4 atom stereocenters. The molecule has 136 valence electrons. The topological polar surface area (TPSA) is 26.0 Å². The monoisotopic (exact) mass is 321 g/mol. The number of hydrogen-bond donors (Lipinski definition) is 1. The summed E-state index contributed by atoms with van der Waals surface area (Å²) in [5.74, 6) is 2.14. The van der Waals surface area contributed by atoms with E-state index in [9.17, 15) is 0 Å². The van der Waals surface area contributed by atoms with E-state index in [1.165, 1.54) is 69.8 Å². The SMILES string of the molecule is C=C1C(C)CC(C)CCCC(N)CCCCCCC(C)C1(C)C. The molecule has 0 spiro atoms. The van der Waals surface area contributed by atoms with E-state index in [1.807, 2.05) is 0 Å². The molecule has 0 aliphatic heterocycles. The molecule has 0 aromatic carbocycles. The van der Waals surface area contributed by atoms with Gasteiger partial charge in [-0.05, 0) is 48.9 Å². The first-order valence-electron chi connectivity index (χ1n) is 10.2. The van der Waals surface area contributed by atoms with Crippen molar-refractivity contribution >= 4 is 0 Å². The van der Waals surface area contributed by atoms with E-state index in [2.05, 4.69) is 41.2 Å². The molecule has 2 N–H and O–H groups in total. The van der Waals surface area contributed by atoms with Gasteiger partial charge >= 0.3 is 0 Å². The summed E-state index contributed by atoms with van der Waals surface area (Å²) in [6, 6.07) is 0.431. The van der Waals surface area contributed by atoms with Gasteiger partial charge < -0.3 is 5.73 Å². The molecule has 1 fully saturated rings. The van der Waals surface area contributed by atoms with Crippen molar-refractivity contribution in [3.63, 3.8) is 0 Å². The highest BCUT2D eigenvalue weighted by Gasteiger charge is 2.31. The fraction of sp³-hybridized carbons (Fsp3) is 0.909. The maximum absolute atomic E-state index is 6.28. The lowest BCUT2D eigenvalue weighted by molar-refractivity contribution is 0.233. The molecule has 1 heteroatoms. The fourth-order valence-electron chi connectivity index (χ4n) is 4.26.